The van der Waals surface area contributed by atoms with Crippen LogP contribution in [0.3, 0.4) is 0 Å². The van der Waals surface area contributed by atoms with Gasteiger partial charge in [-0.3, -0.25) is 4.79 Å². The summed E-state index contributed by atoms with van der Waals surface area (Å²) >= 11 is 0. The zero-order valence-corrected chi connectivity index (χ0v) is 13.0. The van der Waals surface area contributed by atoms with Crippen LogP contribution < -0.4 is 10.1 Å². The lowest BCUT2D eigenvalue weighted by atomic mass is 10.2. The molecule has 1 N–H and O–H groups in total. The monoisotopic (exact) mass is 314 g/mol. The van der Waals surface area contributed by atoms with E-state index in [2.05, 4.69) is 10.3 Å². The van der Waals surface area contributed by atoms with Gasteiger partial charge in [0.05, 0.1) is 7.11 Å². The molecule has 1 heterocycles. The Hall–Kier alpha value is -2.89. The summed E-state index contributed by atoms with van der Waals surface area (Å²) in [5.74, 6) is -0.319. The van der Waals surface area contributed by atoms with E-state index in [1.807, 2.05) is 0 Å². The Morgan fingerprint density at radius 1 is 1.17 bits per heavy atom. The van der Waals surface area contributed by atoms with Gasteiger partial charge in [-0.2, -0.15) is 0 Å². The number of nitrogens with zero attached hydrogens (tertiary/aromatic N) is 1. The predicted molar refractivity (Wildman–Crippen MR) is 85.4 cm³/mol. The van der Waals surface area contributed by atoms with E-state index >= 15 is 0 Å². The number of benzene rings is 1. The second-order valence-electron chi connectivity index (χ2n) is 4.73. The Bertz CT molecular complexity index is 656. The van der Waals surface area contributed by atoms with Gasteiger partial charge in [0.25, 0.3) is 5.91 Å². The van der Waals surface area contributed by atoms with Gasteiger partial charge in [-0.1, -0.05) is 13.0 Å². The fourth-order valence-corrected chi connectivity index (χ4v) is 1.89. The number of anilines is 1. The lowest BCUT2D eigenvalue weighted by Gasteiger charge is -2.16. The fourth-order valence-electron chi connectivity index (χ4n) is 1.89. The number of aromatic nitrogens is 1. The third-order valence-electron chi connectivity index (χ3n) is 3.14. The van der Waals surface area contributed by atoms with Gasteiger partial charge >= 0.3 is 5.97 Å². The average molecular weight is 314 g/mol. The number of hydrogen-bond acceptors (Lipinski definition) is 5. The van der Waals surface area contributed by atoms with Gasteiger partial charge in [-0.05, 0) is 42.8 Å². The van der Waals surface area contributed by atoms with Crippen LogP contribution in [-0.4, -0.2) is 30.1 Å². The van der Waals surface area contributed by atoms with Gasteiger partial charge in [-0.25, -0.2) is 9.78 Å². The first-order chi connectivity index (χ1) is 11.1. The normalized spacial score (nSPS) is 11.4. The molecule has 1 atom stereocenters. The molecule has 2 aromatic rings. The van der Waals surface area contributed by atoms with Crippen molar-refractivity contribution in [3.05, 3.63) is 54.4 Å². The Kier molecular flexibility index (Phi) is 5.68. The van der Waals surface area contributed by atoms with Crippen LogP contribution in [0.25, 0.3) is 0 Å². The highest BCUT2D eigenvalue weighted by Crippen LogP contribution is 2.16. The van der Waals surface area contributed by atoms with Crippen molar-refractivity contribution < 1.29 is 19.1 Å². The van der Waals surface area contributed by atoms with E-state index in [1.54, 1.807) is 50.4 Å². The minimum Gasteiger partial charge on any atom is -0.497 e. The van der Waals surface area contributed by atoms with Crippen LogP contribution in [0, 0.1) is 0 Å². The standard InChI is InChI=1S/C17H18N2O4/c1-3-15(23-17(21)14-6-4-5-11-18-14)16(20)19-12-7-9-13(22-2)10-8-12/h4-11,15H,3H2,1-2H3,(H,19,20)/t15-/m1/s1. The number of rotatable bonds is 6. The summed E-state index contributed by atoms with van der Waals surface area (Å²) < 4.78 is 10.3. The number of methoxy groups -OCH3 is 1. The first kappa shape index (κ1) is 16.5. The molecule has 0 aliphatic rings. The summed E-state index contributed by atoms with van der Waals surface area (Å²) in [6.45, 7) is 1.77. The molecule has 0 radical (unpaired) electrons. The van der Waals surface area contributed by atoms with Gasteiger partial charge in [0.1, 0.15) is 11.4 Å². The summed E-state index contributed by atoms with van der Waals surface area (Å²) in [7, 11) is 1.57. The van der Waals surface area contributed by atoms with Gasteiger partial charge in [0, 0.05) is 11.9 Å². The maximum Gasteiger partial charge on any atom is 0.357 e. The van der Waals surface area contributed by atoms with Crippen molar-refractivity contribution in [1.82, 2.24) is 4.98 Å². The molecule has 6 nitrogen and oxygen atoms in total. The molecule has 0 spiro atoms. The molecule has 0 saturated heterocycles. The van der Waals surface area contributed by atoms with Crippen LogP contribution in [0.5, 0.6) is 5.75 Å². The second kappa shape index (κ2) is 7.93. The highest BCUT2D eigenvalue weighted by molar-refractivity contribution is 5.97. The maximum atomic E-state index is 12.2. The number of carbonyl (C=O) groups is 2. The third kappa shape index (κ3) is 4.54. The number of esters is 1. The lowest BCUT2D eigenvalue weighted by molar-refractivity contribution is -0.124. The fraction of sp³-hybridized carbons (Fsp3) is 0.235. The zero-order chi connectivity index (χ0) is 16.7. The Balaban J connectivity index is 1.99. The summed E-state index contributed by atoms with van der Waals surface area (Å²) in [5.41, 5.74) is 0.770. The SMILES string of the molecule is CC[C@@H](OC(=O)c1ccccn1)C(=O)Nc1ccc(OC)cc1. The summed E-state index contributed by atoms with van der Waals surface area (Å²) in [4.78, 5) is 28.1. The van der Waals surface area contributed by atoms with Gasteiger partial charge < -0.3 is 14.8 Å². The van der Waals surface area contributed by atoms with Crippen LogP contribution in [0.4, 0.5) is 5.69 Å². The molecule has 0 saturated carbocycles. The molecular weight excluding hydrogens is 296 g/mol. The van der Waals surface area contributed by atoms with Gasteiger partial charge in [0.2, 0.25) is 0 Å². The zero-order valence-electron chi connectivity index (χ0n) is 13.0. The third-order valence-corrected chi connectivity index (χ3v) is 3.14. The Morgan fingerprint density at radius 2 is 1.91 bits per heavy atom. The van der Waals surface area contributed by atoms with E-state index in [0.29, 0.717) is 17.9 Å². The minimum absolute atomic E-state index is 0.170. The molecule has 120 valence electrons. The topological polar surface area (TPSA) is 77.5 Å². The molecule has 0 bridgehead atoms. The number of ether oxygens (including phenoxy) is 2. The molecule has 0 fully saturated rings. The van der Waals surface area contributed by atoms with Crippen molar-refractivity contribution in [2.75, 3.05) is 12.4 Å². The summed E-state index contributed by atoms with van der Waals surface area (Å²) in [6, 6.07) is 11.8. The van der Waals surface area contributed by atoms with Gasteiger partial charge in [-0.15, -0.1) is 0 Å². The number of amides is 1. The van der Waals surface area contributed by atoms with Crippen LogP contribution in [0.15, 0.2) is 48.7 Å². The van der Waals surface area contributed by atoms with Crippen molar-refractivity contribution in [3.8, 4) is 5.75 Å². The minimum atomic E-state index is -0.883. The van der Waals surface area contributed by atoms with Crippen molar-refractivity contribution in [2.24, 2.45) is 0 Å². The molecule has 0 aliphatic carbocycles. The Morgan fingerprint density at radius 3 is 2.48 bits per heavy atom. The molecule has 6 heteroatoms. The van der Waals surface area contributed by atoms with Crippen LogP contribution >= 0.6 is 0 Å². The number of hydrogen-bond donors (Lipinski definition) is 1. The molecule has 1 aromatic carbocycles. The average Bonchev–Trinajstić information content (AvgIpc) is 2.60. The van der Waals surface area contributed by atoms with E-state index in [9.17, 15) is 9.59 Å². The molecule has 2 rings (SSSR count). The number of pyridine rings is 1. The smallest absolute Gasteiger partial charge is 0.357 e. The van der Waals surface area contributed by atoms with Crippen molar-refractivity contribution in [1.29, 1.82) is 0 Å². The lowest BCUT2D eigenvalue weighted by Crippen LogP contribution is -2.32. The highest BCUT2D eigenvalue weighted by atomic mass is 16.5. The van der Waals surface area contributed by atoms with E-state index in [1.165, 1.54) is 12.3 Å². The van der Waals surface area contributed by atoms with Crippen LogP contribution in [0.2, 0.25) is 0 Å². The molecule has 0 aliphatic heterocycles. The first-order valence-corrected chi connectivity index (χ1v) is 7.21. The second-order valence-corrected chi connectivity index (χ2v) is 4.73. The quantitative estimate of drug-likeness (QED) is 0.829. The van der Waals surface area contributed by atoms with Crippen LogP contribution in [0.1, 0.15) is 23.8 Å². The van der Waals surface area contributed by atoms with E-state index < -0.39 is 12.1 Å². The summed E-state index contributed by atoms with van der Waals surface area (Å²) in [5, 5.41) is 2.71. The highest BCUT2D eigenvalue weighted by Gasteiger charge is 2.22. The maximum absolute atomic E-state index is 12.2. The van der Waals surface area contributed by atoms with Crippen molar-refractivity contribution in [3.63, 3.8) is 0 Å². The first-order valence-electron chi connectivity index (χ1n) is 7.21. The summed E-state index contributed by atoms with van der Waals surface area (Å²) in [6.07, 6.45) is 0.974. The van der Waals surface area contributed by atoms with Crippen molar-refractivity contribution in [2.45, 2.75) is 19.4 Å². The Labute approximate surface area is 134 Å². The molecule has 23 heavy (non-hydrogen) atoms. The van der Waals surface area contributed by atoms with E-state index in [0.717, 1.165) is 0 Å². The molecule has 1 aromatic heterocycles. The van der Waals surface area contributed by atoms with Crippen LogP contribution in [-0.2, 0) is 9.53 Å². The number of carbonyl (C=O) groups excluding carboxylic acids is 2. The number of nitrogens with one attached hydrogen (secondary N) is 1. The van der Waals surface area contributed by atoms with E-state index in [4.69, 9.17) is 9.47 Å². The van der Waals surface area contributed by atoms with E-state index in [-0.39, 0.29) is 11.6 Å². The van der Waals surface area contributed by atoms with Crippen molar-refractivity contribution >= 4 is 17.6 Å². The largest absolute Gasteiger partial charge is 0.497 e. The molecule has 0 unspecified atom stereocenters. The predicted octanol–water partition coefficient (Wildman–Crippen LogP) is 2.66. The van der Waals surface area contributed by atoms with Gasteiger partial charge in [0.15, 0.2) is 6.10 Å². The molecular formula is C17H18N2O4. The molecule has 1 amide bonds.